The molecule has 0 unspecified atom stereocenters. The zero-order chi connectivity index (χ0) is 19.7. The predicted molar refractivity (Wildman–Crippen MR) is 111 cm³/mol. The minimum atomic E-state index is -0.355. The van der Waals surface area contributed by atoms with Gasteiger partial charge in [-0.15, -0.1) is 0 Å². The Morgan fingerprint density at radius 3 is 2.07 bits per heavy atom. The second-order valence-electron chi connectivity index (χ2n) is 7.58. The average Bonchev–Trinajstić information content (AvgIpc) is 2.68. The van der Waals surface area contributed by atoms with Crippen molar-refractivity contribution in [2.24, 2.45) is 0 Å². The molecule has 0 N–H and O–H groups in total. The number of carbonyl (C=O) groups is 1. The maximum Gasteiger partial charge on any atom is 0.343 e. The summed E-state index contributed by atoms with van der Waals surface area (Å²) >= 11 is 0. The van der Waals surface area contributed by atoms with Crippen molar-refractivity contribution in [2.45, 2.75) is 65.2 Å². The van der Waals surface area contributed by atoms with Crippen molar-refractivity contribution >= 4 is 5.97 Å². The van der Waals surface area contributed by atoms with Gasteiger partial charge < -0.3 is 9.47 Å². The van der Waals surface area contributed by atoms with E-state index in [0.29, 0.717) is 17.9 Å². The van der Waals surface area contributed by atoms with Gasteiger partial charge in [0, 0.05) is 0 Å². The lowest BCUT2D eigenvalue weighted by molar-refractivity contribution is 0.0734. The monoisotopic (exact) mass is 368 g/mol. The molecule has 0 aliphatic rings. The van der Waals surface area contributed by atoms with Crippen LogP contribution in [0, 0.1) is 0 Å². The van der Waals surface area contributed by atoms with Gasteiger partial charge in [0.05, 0.1) is 12.2 Å². The summed E-state index contributed by atoms with van der Waals surface area (Å²) in [5, 5.41) is 0. The first-order valence-electron chi connectivity index (χ1n) is 10.0. The fraction of sp³-hybridized carbons (Fsp3) is 0.458. The SMILES string of the molecule is CCCCCCOc1ccc(C(=O)Oc2ccc(C(C)(C)CC)cc2)cc1. The van der Waals surface area contributed by atoms with Gasteiger partial charge in [0.2, 0.25) is 0 Å². The summed E-state index contributed by atoms with van der Waals surface area (Å²) in [5.41, 5.74) is 1.88. The van der Waals surface area contributed by atoms with Gasteiger partial charge in [0.25, 0.3) is 0 Å². The second-order valence-corrected chi connectivity index (χ2v) is 7.58. The number of hydrogen-bond acceptors (Lipinski definition) is 3. The highest BCUT2D eigenvalue weighted by Gasteiger charge is 2.18. The van der Waals surface area contributed by atoms with E-state index in [1.54, 1.807) is 12.1 Å². The smallest absolute Gasteiger partial charge is 0.343 e. The van der Waals surface area contributed by atoms with Crippen LogP contribution in [-0.4, -0.2) is 12.6 Å². The molecule has 0 amide bonds. The molecular formula is C24H32O3. The maximum absolute atomic E-state index is 12.3. The summed E-state index contributed by atoms with van der Waals surface area (Å²) < 4.78 is 11.2. The van der Waals surface area contributed by atoms with Crippen LogP contribution in [0.2, 0.25) is 0 Å². The van der Waals surface area contributed by atoms with Crippen LogP contribution in [0.3, 0.4) is 0 Å². The topological polar surface area (TPSA) is 35.5 Å². The summed E-state index contributed by atoms with van der Waals surface area (Å²) in [7, 11) is 0. The van der Waals surface area contributed by atoms with Crippen molar-refractivity contribution in [3.63, 3.8) is 0 Å². The Balaban J connectivity index is 1.88. The molecule has 3 nitrogen and oxygen atoms in total. The number of hydrogen-bond donors (Lipinski definition) is 0. The van der Waals surface area contributed by atoms with Crippen molar-refractivity contribution in [1.29, 1.82) is 0 Å². The van der Waals surface area contributed by atoms with Gasteiger partial charge in [-0.3, -0.25) is 0 Å². The molecule has 0 radical (unpaired) electrons. The van der Waals surface area contributed by atoms with Crippen molar-refractivity contribution in [3.8, 4) is 11.5 Å². The first-order chi connectivity index (χ1) is 13.0. The third-order valence-corrected chi connectivity index (χ3v) is 5.09. The van der Waals surface area contributed by atoms with Crippen LogP contribution in [0.5, 0.6) is 11.5 Å². The van der Waals surface area contributed by atoms with Gasteiger partial charge >= 0.3 is 5.97 Å². The van der Waals surface area contributed by atoms with Gasteiger partial charge in [-0.05, 0) is 60.2 Å². The van der Waals surface area contributed by atoms with Crippen molar-refractivity contribution in [3.05, 3.63) is 59.7 Å². The molecule has 2 aromatic carbocycles. The van der Waals surface area contributed by atoms with Crippen molar-refractivity contribution in [1.82, 2.24) is 0 Å². The van der Waals surface area contributed by atoms with E-state index >= 15 is 0 Å². The Hall–Kier alpha value is -2.29. The molecule has 0 aromatic heterocycles. The number of esters is 1. The zero-order valence-corrected chi connectivity index (χ0v) is 17.1. The molecule has 2 rings (SSSR count). The second kappa shape index (κ2) is 10.1. The minimum Gasteiger partial charge on any atom is -0.494 e. The van der Waals surface area contributed by atoms with Crippen molar-refractivity contribution < 1.29 is 14.3 Å². The van der Waals surface area contributed by atoms with E-state index in [-0.39, 0.29) is 11.4 Å². The summed E-state index contributed by atoms with van der Waals surface area (Å²) in [6.45, 7) is 9.50. The van der Waals surface area contributed by atoms with Crippen LogP contribution < -0.4 is 9.47 Å². The standard InChI is InChI=1S/C24H32O3/c1-5-7-8-9-18-26-21-14-10-19(11-15-21)23(25)27-22-16-12-20(13-17-22)24(3,4)6-2/h10-17H,5-9,18H2,1-4H3. The third kappa shape index (κ3) is 6.42. The Morgan fingerprint density at radius 1 is 0.852 bits per heavy atom. The van der Waals surface area contributed by atoms with E-state index in [1.807, 2.05) is 36.4 Å². The summed E-state index contributed by atoms with van der Waals surface area (Å²) in [6, 6.07) is 14.9. The number of benzene rings is 2. The van der Waals surface area contributed by atoms with Gasteiger partial charge in [-0.25, -0.2) is 4.79 Å². The minimum absolute atomic E-state index is 0.120. The van der Waals surface area contributed by atoms with Crippen molar-refractivity contribution in [2.75, 3.05) is 6.61 Å². The maximum atomic E-state index is 12.3. The lowest BCUT2D eigenvalue weighted by Gasteiger charge is -2.23. The third-order valence-electron chi connectivity index (χ3n) is 5.09. The van der Waals surface area contributed by atoms with Gasteiger partial charge in [0.15, 0.2) is 0 Å². The van der Waals surface area contributed by atoms with Crippen LogP contribution in [0.25, 0.3) is 0 Å². The summed E-state index contributed by atoms with van der Waals surface area (Å²) in [5.74, 6) is 0.994. The highest BCUT2D eigenvalue weighted by atomic mass is 16.5. The number of ether oxygens (including phenoxy) is 2. The van der Waals surface area contributed by atoms with E-state index in [2.05, 4.69) is 27.7 Å². The molecule has 27 heavy (non-hydrogen) atoms. The molecule has 0 saturated heterocycles. The molecule has 146 valence electrons. The number of rotatable bonds is 10. The predicted octanol–water partition coefficient (Wildman–Crippen LogP) is 6.55. The van der Waals surface area contributed by atoms with E-state index in [4.69, 9.17) is 9.47 Å². The average molecular weight is 369 g/mol. The quantitative estimate of drug-likeness (QED) is 0.271. The highest BCUT2D eigenvalue weighted by Crippen LogP contribution is 2.28. The van der Waals surface area contributed by atoms with Crippen LogP contribution in [-0.2, 0) is 5.41 Å². The molecule has 0 atom stereocenters. The molecular weight excluding hydrogens is 336 g/mol. The Labute approximate surface area is 163 Å². The summed E-state index contributed by atoms with van der Waals surface area (Å²) in [4.78, 5) is 12.3. The molecule has 3 heteroatoms. The molecule has 0 bridgehead atoms. The van der Waals surface area contributed by atoms with E-state index in [1.165, 1.54) is 24.8 Å². The number of unbranched alkanes of at least 4 members (excludes halogenated alkanes) is 3. The van der Waals surface area contributed by atoms with Gasteiger partial charge in [0.1, 0.15) is 11.5 Å². The molecule has 0 fully saturated rings. The normalized spacial score (nSPS) is 11.3. The van der Waals surface area contributed by atoms with E-state index in [9.17, 15) is 4.79 Å². The zero-order valence-electron chi connectivity index (χ0n) is 17.1. The van der Waals surface area contributed by atoms with Crippen LogP contribution >= 0.6 is 0 Å². The van der Waals surface area contributed by atoms with Crippen LogP contribution in [0.4, 0.5) is 0 Å². The first-order valence-corrected chi connectivity index (χ1v) is 10.0. The fourth-order valence-electron chi connectivity index (χ4n) is 2.75. The Bertz CT molecular complexity index is 699. The lowest BCUT2D eigenvalue weighted by atomic mass is 9.82. The Kier molecular flexibility index (Phi) is 7.90. The number of carbonyl (C=O) groups excluding carboxylic acids is 1. The molecule has 0 heterocycles. The fourth-order valence-corrected chi connectivity index (χ4v) is 2.75. The highest BCUT2D eigenvalue weighted by molar-refractivity contribution is 5.91. The van der Waals surface area contributed by atoms with Gasteiger partial charge in [-0.2, -0.15) is 0 Å². The van der Waals surface area contributed by atoms with E-state index in [0.717, 1.165) is 18.6 Å². The molecule has 0 spiro atoms. The Morgan fingerprint density at radius 2 is 1.48 bits per heavy atom. The largest absolute Gasteiger partial charge is 0.494 e. The van der Waals surface area contributed by atoms with Gasteiger partial charge in [-0.1, -0.05) is 59.1 Å². The molecule has 0 aliphatic carbocycles. The summed E-state index contributed by atoms with van der Waals surface area (Å²) in [6.07, 6.45) is 5.76. The first kappa shape index (κ1) is 21.0. The molecule has 2 aromatic rings. The molecule has 0 aliphatic heterocycles. The molecule has 0 saturated carbocycles. The lowest BCUT2D eigenvalue weighted by Crippen LogP contribution is -2.15. The van der Waals surface area contributed by atoms with Crippen LogP contribution in [0.1, 0.15) is 75.7 Å². The van der Waals surface area contributed by atoms with E-state index < -0.39 is 0 Å². The van der Waals surface area contributed by atoms with Crippen LogP contribution in [0.15, 0.2) is 48.5 Å².